The maximum Gasteiger partial charge on any atom is 0.430 e. The summed E-state index contributed by atoms with van der Waals surface area (Å²) in [7, 11) is 0.411. The number of carboxylic acid groups (broad SMARTS) is 1. The second-order valence-electron chi connectivity index (χ2n) is 9.39. The van der Waals surface area contributed by atoms with Crippen LogP contribution in [0.15, 0.2) is 29.2 Å². The maximum atomic E-state index is 12.5. The van der Waals surface area contributed by atoms with Gasteiger partial charge in [-0.1, -0.05) is 11.6 Å². The van der Waals surface area contributed by atoms with Crippen molar-refractivity contribution in [3.8, 4) is 11.8 Å². The average Bonchev–Trinajstić information content (AvgIpc) is 2.90. The summed E-state index contributed by atoms with van der Waals surface area (Å²) in [5.74, 6) is -3.12. The van der Waals surface area contributed by atoms with Crippen molar-refractivity contribution in [1.29, 1.82) is 5.26 Å². The Bertz CT molecular complexity index is 1390. The number of alkyl halides is 3. The normalized spacial score (nSPS) is 11.6. The minimum atomic E-state index is -5.19. The molecule has 2 rings (SSSR count). The van der Waals surface area contributed by atoms with Crippen molar-refractivity contribution >= 4 is 45.1 Å². The number of nitrogens with two attached hydrogens (primary N) is 2. The fourth-order valence-electron chi connectivity index (χ4n) is 3.16. The number of hydrogen-bond donors (Lipinski definition) is 4. The maximum absolute atomic E-state index is 12.5. The number of carboxylic acids is 1. The topological polar surface area (TPSA) is 226 Å². The molecule has 6 N–H and O–H groups in total. The number of nitriles is 1. The highest BCUT2D eigenvalue weighted by Crippen LogP contribution is 2.18. The predicted octanol–water partition coefficient (Wildman–Crippen LogP) is 0.450. The number of carbonyl (C=O) groups is 2. The zero-order valence-corrected chi connectivity index (χ0v) is 24.9. The molecule has 43 heavy (non-hydrogen) atoms. The van der Waals surface area contributed by atoms with Crippen LogP contribution in [0.25, 0.3) is 0 Å². The van der Waals surface area contributed by atoms with Crippen molar-refractivity contribution in [2.45, 2.75) is 30.3 Å². The third kappa shape index (κ3) is 13.7. The number of rotatable bonds is 14. The van der Waals surface area contributed by atoms with Crippen LogP contribution in [0.5, 0.6) is 5.75 Å². The molecule has 0 spiro atoms. The molecule has 0 aliphatic carbocycles. The monoisotopic (exact) mass is 652 g/mol. The first-order valence-corrected chi connectivity index (χ1v) is 14.3. The molecule has 1 amide bonds. The molecule has 0 saturated carbocycles. The van der Waals surface area contributed by atoms with Gasteiger partial charge in [-0.15, -0.1) is 0 Å². The number of unbranched alkanes of at least 4 members (excludes halogenated alkanes) is 1. The summed E-state index contributed by atoms with van der Waals surface area (Å²) in [6, 6.07) is 8.04. The Hall–Kier alpha value is -3.92. The minimum Gasteiger partial charge on any atom is -0.542 e. The highest BCUT2D eigenvalue weighted by Gasteiger charge is 2.28. The lowest BCUT2D eigenvalue weighted by Gasteiger charge is -2.30. The number of aliphatic carboxylic acids is 1. The summed E-state index contributed by atoms with van der Waals surface area (Å²) in [6.45, 7) is 2.34. The molecular formula is C24H32ClF3N8O6S. The Kier molecular flexibility index (Phi) is 14.4. The predicted molar refractivity (Wildman–Crippen MR) is 148 cm³/mol. The van der Waals surface area contributed by atoms with Crippen molar-refractivity contribution in [2.24, 2.45) is 0 Å². The molecule has 0 unspecified atom stereocenters. The zero-order chi connectivity index (χ0) is 32.8. The summed E-state index contributed by atoms with van der Waals surface area (Å²) >= 11 is 5.82. The number of likely N-dealkylation sites (N-methyl/N-ethyl adjacent to an activating group) is 1. The smallest absolute Gasteiger partial charge is 0.430 e. The van der Waals surface area contributed by atoms with Gasteiger partial charge in [0.15, 0.2) is 22.5 Å². The van der Waals surface area contributed by atoms with Crippen LogP contribution in [0.4, 0.5) is 24.8 Å². The zero-order valence-electron chi connectivity index (χ0n) is 23.3. The number of sulfonamides is 1. The molecule has 1 aromatic carbocycles. The van der Waals surface area contributed by atoms with E-state index in [1.54, 1.807) is 12.1 Å². The highest BCUT2D eigenvalue weighted by molar-refractivity contribution is 7.89. The number of nitrogens with one attached hydrogen (secondary N) is 2. The van der Waals surface area contributed by atoms with E-state index < -0.39 is 28.1 Å². The van der Waals surface area contributed by atoms with Gasteiger partial charge in [0, 0.05) is 6.54 Å². The Labute approximate surface area is 251 Å². The Balaban J connectivity index is 0.00000117. The Morgan fingerprint density at radius 1 is 1.09 bits per heavy atom. The van der Waals surface area contributed by atoms with E-state index in [0.717, 1.165) is 13.0 Å². The molecule has 0 radical (unpaired) electrons. The molecule has 14 nitrogen and oxygen atoms in total. The van der Waals surface area contributed by atoms with Crippen molar-refractivity contribution in [1.82, 2.24) is 20.0 Å². The molecule has 0 bridgehead atoms. The summed E-state index contributed by atoms with van der Waals surface area (Å²) in [5.41, 5.74) is 11.1. The van der Waals surface area contributed by atoms with E-state index in [0.29, 0.717) is 36.3 Å². The third-order valence-electron chi connectivity index (χ3n) is 5.45. The summed E-state index contributed by atoms with van der Waals surface area (Å²) < 4.78 is 65.1. The largest absolute Gasteiger partial charge is 0.542 e. The number of aromatic nitrogens is 2. The van der Waals surface area contributed by atoms with Crippen LogP contribution in [0.2, 0.25) is 5.15 Å². The molecule has 0 fully saturated rings. The first-order chi connectivity index (χ1) is 19.9. The van der Waals surface area contributed by atoms with Gasteiger partial charge >= 0.3 is 6.18 Å². The lowest BCUT2D eigenvalue weighted by atomic mass is 10.2. The first-order valence-electron chi connectivity index (χ1n) is 12.5. The summed E-state index contributed by atoms with van der Waals surface area (Å²) in [6.07, 6.45) is -3.51. The number of carbonyl (C=O) groups excluding carboxylic acids is 2. The molecule has 2 aromatic rings. The van der Waals surface area contributed by atoms with Gasteiger partial charge in [0.25, 0.3) is 5.91 Å². The lowest BCUT2D eigenvalue weighted by molar-refractivity contribution is -0.889. The number of halogens is 4. The molecule has 0 aliphatic rings. The van der Waals surface area contributed by atoms with Crippen LogP contribution in [0, 0.1) is 11.3 Å². The van der Waals surface area contributed by atoms with E-state index >= 15 is 0 Å². The van der Waals surface area contributed by atoms with Crippen LogP contribution in [0.1, 0.15) is 29.8 Å². The van der Waals surface area contributed by atoms with Crippen molar-refractivity contribution < 1.29 is 45.5 Å². The quantitative estimate of drug-likeness (QED) is 0.162. The molecule has 0 aliphatic heterocycles. The SMILES string of the molecule is C[N+](C)(CCCCNS(=O)(=O)c1ccc(OCCC#N)cc1)CCNC(=O)c1nc(Cl)c(N)nc1N.O=C([O-])C(F)(F)F. The molecule has 0 saturated heterocycles. The standard InChI is InChI=1S/C22H31ClN8O4S.C2HF3O2/c1-31(2,14-12-27-22(32)18-20(25)30-21(26)19(23)29-18)13-4-3-11-28-36(33,34)17-8-6-16(7-9-17)35-15-5-10-24;3-2(4,5)1(6)7/h6-9,28H,3-5,11-15H2,1-2H3,(H4-,25,26,27,30,32);(H,6,7). The number of nitrogen functional groups attached to an aromatic ring is 2. The van der Waals surface area contributed by atoms with Crippen molar-refractivity contribution in [3.05, 3.63) is 35.1 Å². The molecule has 1 aromatic heterocycles. The average molecular weight is 653 g/mol. The van der Waals surface area contributed by atoms with E-state index in [1.165, 1.54) is 12.1 Å². The minimum absolute atomic E-state index is 0.0402. The number of amides is 1. The van der Waals surface area contributed by atoms with Crippen LogP contribution in [-0.2, 0) is 14.8 Å². The van der Waals surface area contributed by atoms with Gasteiger partial charge in [0.05, 0.1) is 51.1 Å². The van der Waals surface area contributed by atoms with Gasteiger partial charge < -0.3 is 35.9 Å². The first kappa shape index (κ1) is 37.1. The Morgan fingerprint density at radius 3 is 2.26 bits per heavy atom. The van der Waals surface area contributed by atoms with Gasteiger partial charge in [-0.2, -0.15) is 18.4 Å². The number of nitrogens with zero attached hydrogens (tertiary/aromatic N) is 4. The second kappa shape index (κ2) is 16.6. The van der Waals surface area contributed by atoms with E-state index in [4.69, 9.17) is 43.0 Å². The van der Waals surface area contributed by atoms with E-state index in [9.17, 15) is 26.4 Å². The van der Waals surface area contributed by atoms with Crippen LogP contribution < -0.4 is 31.3 Å². The molecule has 1 heterocycles. The van der Waals surface area contributed by atoms with Crippen molar-refractivity contribution in [2.75, 3.05) is 58.3 Å². The van der Waals surface area contributed by atoms with Crippen LogP contribution in [0.3, 0.4) is 0 Å². The van der Waals surface area contributed by atoms with Gasteiger partial charge in [0.2, 0.25) is 10.0 Å². The number of hydrogen-bond acceptors (Lipinski definition) is 11. The van der Waals surface area contributed by atoms with Gasteiger partial charge in [0.1, 0.15) is 18.3 Å². The fourth-order valence-corrected chi connectivity index (χ4v) is 4.36. The fraction of sp³-hybridized carbons (Fsp3) is 0.458. The lowest BCUT2D eigenvalue weighted by Crippen LogP contribution is -2.46. The number of anilines is 2. The van der Waals surface area contributed by atoms with E-state index in [1.807, 2.05) is 20.2 Å². The van der Waals surface area contributed by atoms with Crippen molar-refractivity contribution in [3.63, 3.8) is 0 Å². The number of quaternary nitrogens is 1. The molecule has 0 atom stereocenters. The Morgan fingerprint density at radius 2 is 1.70 bits per heavy atom. The number of benzene rings is 1. The second-order valence-corrected chi connectivity index (χ2v) is 11.5. The number of ether oxygens (including phenoxy) is 1. The summed E-state index contributed by atoms with van der Waals surface area (Å²) in [4.78, 5) is 28.9. The van der Waals surface area contributed by atoms with Gasteiger partial charge in [-0.25, -0.2) is 23.1 Å². The summed E-state index contributed by atoms with van der Waals surface area (Å²) in [5, 5.41) is 20.0. The molecular weight excluding hydrogens is 621 g/mol. The van der Waals surface area contributed by atoms with Gasteiger partial charge in [-0.3, -0.25) is 4.79 Å². The highest BCUT2D eigenvalue weighted by atomic mass is 35.5. The van der Waals surface area contributed by atoms with E-state index in [2.05, 4.69) is 20.0 Å². The third-order valence-corrected chi connectivity index (χ3v) is 7.21. The molecule has 238 valence electrons. The molecule has 19 heteroatoms. The van der Waals surface area contributed by atoms with Crippen LogP contribution in [-0.4, -0.2) is 87.8 Å². The van der Waals surface area contributed by atoms with Gasteiger partial charge in [-0.05, 0) is 37.1 Å². The van der Waals surface area contributed by atoms with E-state index in [-0.39, 0.29) is 40.4 Å². The van der Waals surface area contributed by atoms with Crippen LogP contribution >= 0.6 is 11.6 Å².